The molecule has 142 valence electrons. The first-order chi connectivity index (χ1) is 13.1. The lowest BCUT2D eigenvalue weighted by Gasteiger charge is -2.35. The van der Waals surface area contributed by atoms with Crippen LogP contribution < -0.4 is 5.32 Å². The van der Waals surface area contributed by atoms with Gasteiger partial charge in [-0.3, -0.25) is 14.7 Å². The lowest BCUT2D eigenvalue weighted by molar-refractivity contribution is -0.116. The van der Waals surface area contributed by atoms with Crippen molar-refractivity contribution in [1.82, 2.24) is 15.2 Å². The van der Waals surface area contributed by atoms with Gasteiger partial charge in [0.2, 0.25) is 5.91 Å². The van der Waals surface area contributed by atoms with Crippen LogP contribution >= 0.6 is 0 Å². The van der Waals surface area contributed by atoms with Crippen molar-refractivity contribution in [3.05, 3.63) is 71.6 Å². The fourth-order valence-electron chi connectivity index (χ4n) is 3.84. The fourth-order valence-corrected chi connectivity index (χ4v) is 3.84. The highest BCUT2D eigenvalue weighted by Crippen LogP contribution is 2.22. The van der Waals surface area contributed by atoms with E-state index >= 15 is 0 Å². The molecular formula is C23H29N3O. The first-order valence-electron chi connectivity index (χ1n) is 9.74. The molecule has 1 N–H and O–H groups in total. The van der Waals surface area contributed by atoms with Crippen LogP contribution in [0.1, 0.15) is 37.0 Å². The molecular weight excluding hydrogens is 334 g/mol. The van der Waals surface area contributed by atoms with Gasteiger partial charge in [-0.15, -0.1) is 0 Å². The molecule has 0 bridgehead atoms. The van der Waals surface area contributed by atoms with Gasteiger partial charge in [-0.2, -0.15) is 0 Å². The average molecular weight is 364 g/mol. The number of carbonyl (C=O) groups excluding carboxylic acids is 1. The van der Waals surface area contributed by atoms with Crippen molar-refractivity contribution in [3.8, 4) is 0 Å². The van der Waals surface area contributed by atoms with Crippen molar-refractivity contribution in [2.45, 2.75) is 33.4 Å². The molecule has 2 atom stereocenters. The molecule has 0 saturated carbocycles. The maximum atomic E-state index is 12.0. The molecule has 0 spiro atoms. The second-order valence-corrected chi connectivity index (χ2v) is 7.79. The third-order valence-corrected chi connectivity index (χ3v) is 4.95. The lowest BCUT2D eigenvalue weighted by Crippen LogP contribution is -2.38. The van der Waals surface area contributed by atoms with Crippen LogP contribution in [0.5, 0.6) is 0 Å². The fraction of sp³-hybridized carbons (Fsp3) is 0.391. The molecule has 3 rings (SSSR count). The van der Waals surface area contributed by atoms with Crippen LogP contribution in [0.3, 0.4) is 0 Å². The van der Waals surface area contributed by atoms with Gasteiger partial charge in [-0.25, -0.2) is 0 Å². The summed E-state index contributed by atoms with van der Waals surface area (Å²) in [7, 11) is 0. The van der Waals surface area contributed by atoms with E-state index < -0.39 is 0 Å². The van der Waals surface area contributed by atoms with E-state index in [9.17, 15) is 4.79 Å². The number of amides is 1. The van der Waals surface area contributed by atoms with E-state index in [2.05, 4.69) is 53.3 Å². The number of pyridine rings is 1. The van der Waals surface area contributed by atoms with Gasteiger partial charge < -0.3 is 5.32 Å². The second-order valence-electron chi connectivity index (χ2n) is 7.79. The number of aromatic nitrogens is 1. The van der Waals surface area contributed by atoms with Gasteiger partial charge in [-0.05, 0) is 47.1 Å². The van der Waals surface area contributed by atoms with Crippen molar-refractivity contribution >= 4 is 12.0 Å². The van der Waals surface area contributed by atoms with E-state index in [1.807, 2.05) is 12.1 Å². The Morgan fingerprint density at radius 2 is 1.85 bits per heavy atom. The first kappa shape index (κ1) is 19.3. The van der Waals surface area contributed by atoms with Gasteiger partial charge in [0.1, 0.15) is 0 Å². The zero-order valence-corrected chi connectivity index (χ0v) is 16.3. The Morgan fingerprint density at radius 3 is 2.52 bits per heavy atom. The molecule has 2 aromatic rings. The Balaban J connectivity index is 1.46. The van der Waals surface area contributed by atoms with Crippen LogP contribution in [0.25, 0.3) is 6.08 Å². The molecule has 27 heavy (non-hydrogen) atoms. The average Bonchev–Trinajstić information content (AvgIpc) is 2.66. The summed E-state index contributed by atoms with van der Waals surface area (Å²) in [4.78, 5) is 18.5. The summed E-state index contributed by atoms with van der Waals surface area (Å²) >= 11 is 0. The normalized spacial score (nSPS) is 20.7. The summed E-state index contributed by atoms with van der Waals surface area (Å²) in [5.41, 5.74) is 3.36. The van der Waals surface area contributed by atoms with E-state index in [4.69, 9.17) is 0 Å². The van der Waals surface area contributed by atoms with Crippen molar-refractivity contribution in [1.29, 1.82) is 0 Å². The number of rotatable bonds is 6. The number of piperidine rings is 1. The number of nitrogens with one attached hydrogen (secondary N) is 1. The number of hydrogen-bond donors (Lipinski definition) is 1. The Bertz CT molecular complexity index is 745. The zero-order valence-electron chi connectivity index (χ0n) is 16.3. The topological polar surface area (TPSA) is 45.2 Å². The zero-order chi connectivity index (χ0) is 19.1. The predicted octanol–water partition coefficient (Wildman–Crippen LogP) is 3.89. The molecule has 1 aliphatic rings. The molecule has 2 heterocycles. The molecule has 1 aromatic heterocycles. The Morgan fingerprint density at radius 1 is 1.15 bits per heavy atom. The van der Waals surface area contributed by atoms with E-state index in [0.29, 0.717) is 6.54 Å². The first-order valence-corrected chi connectivity index (χ1v) is 9.74. The standard InChI is InChI=1S/C23H29N3O/c1-18-12-19(2)16-26(15-18)17-22-7-5-21(6-8-22)14-25-23(27)10-9-20-4-3-11-24-13-20/h3-11,13,18-19H,12,14-17H2,1-2H3,(H,25,27). The van der Waals surface area contributed by atoms with E-state index in [1.165, 1.54) is 25.1 Å². The minimum Gasteiger partial charge on any atom is -0.348 e. The number of carbonyl (C=O) groups is 1. The SMILES string of the molecule is CC1CC(C)CN(Cc2ccc(CNC(=O)C=Cc3cccnc3)cc2)C1. The van der Waals surface area contributed by atoms with Gasteiger partial charge in [0.15, 0.2) is 0 Å². The Kier molecular flexibility index (Phi) is 6.77. The molecule has 4 nitrogen and oxygen atoms in total. The highest BCUT2D eigenvalue weighted by atomic mass is 16.1. The highest BCUT2D eigenvalue weighted by molar-refractivity contribution is 5.91. The Labute approximate surface area is 162 Å². The number of hydrogen-bond acceptors (Lipinski definition) is 3. The van der Waals surface area contributed by atoms with E-state index in [1.54, 1.807) is 24.5 Å². The summed E-state index contributed by atoms with van der Waals surface area (Å²) in [5, 5.41) is 2.93. The molecule has 0 aliphatic carbocycles. The monoisotopic (exact) mass is 363 g/mol. The molecule has 1 saturated heterocycles. The quantitative estimate of drug-likeness (QED) is 0.792. The van der Waals surface area contributed by atoms with Crippen LogP contribution in [0.15, 0.2) is 54.9 Å². The van der Waals surface area contributed by atoms with Gasteiger partial charge in [0, 0.05) is 44.6 Å². The van der Waals surface area contributed by atoms with Crippen LogP contribution in [-0.4, -0.2) is 28.9 Å². The molecule has 1 aromatic carbocycles. The Hall–Kier alpha value is -2.46. The van der Waals surface area contributed by atoms with E-state index in [0.717, 1.165) is 29.5 Å². The number of nitrogens with zero attached hydrogens (tertiary/aromatic N) is 2. The molecule has 1 amide bonds. The maximum Gasteiger partial charge on any atom is 0.244 e. The van der Waals surface area contributed by atoms with Crippen LogP contribution in [0, 0.1) is 11.8 Å². The minimum absolute atomic E-state index is 0.0979. The number of benzene rings is 1. The van der Waals surface area contributed by atoms with Gasteiger partial charge in [0.25, 0.3) is 0 Å². The van der Waals surface area contributed by atoms with Gasteiger partial charge in [-0.1, -0.05) is 44.2 Å². The van der Waals surface area contributed by atoms with E-state index in [-0.39, 0.29) is 5.91 Å². The second kappa shape index (κ2) is 9.47. The highest BCUT2D eigenvalue weighted by Gasteiger charge is 2.21. The maximum absolute atomic E-state index is 12.0. The van der Waals surface area contributed by atoms with Crippen LogP contribution in [0.4, 0.5) is 0 Å². The van der Waals surface area contributed by atoms with Crippen LogP contribution in [-0.2, 0) is 17.9 Å². The summed E-state index contributed by atoms with van der Waals surface area (Å²) < 4.78 is 0. The van der Waals surface area contributed by atoms with Crippen molar-refractivity contribution in [2.24, 2.45) is 11.8 Å². The predicted molar refractivity (Wildman–Crippen MR) is 110 cm³/mol. The lowest BCUT2D eigenvalue weighted by atomic mass is 9.91. The van der Waals surface area contributed by atoms with Crippen molar-refractivity contribution < 1.29 is 4.79 Å². The minimum atomic E-state index is -0.0979. The van der Waals surface area contributed by atoms with Gasteiger partial charge in [0.05, 0.1) is 0 Å². The summed E-state index contributed by atoms with van der Waals surface area (Å²) in [5.74, 6) is 1.46. The molecule has 2 unspecified atom stereocenters. The third kappa shape index (κ3) is 6.33. The third-order valence-electron chi connectivity index (χ3n) is 4.95. The van der Waals surface area contributed by atoms with Crippen molar-refractivity contribution in [2.75, 3.05) is 13.1 Å². The molecule has 1 fully saturated rings. The number of likely N-dealkylation sites (tertiary alicyclic amines) is 1. The summed E-state index contributed by atoms with van der Waals surface area (Å²) in [6.07, 6.45) is 8.10. The largest absolute Gasteiger partial charge is 0.348 e. The smallest absolute Gasteiger partial charge is 0.244 e. The molecule has 1 aliphatic heterocycles. The summed E-state index contributed by atoms with van der Waals surface area (Å²) in [6, 6.07) is 12.3. The summed E-state index contributed by atoms with van der Waals surface area (Å²) in [6.45, 7) is 8.61. The van der Waals surface area contributed by atoms with Crippen molar-refractivity contribution in [3.63, 3.8) is 0 Å². The molecule has 4 heteroatoms. The van der Waals surface area contributed by atoms with Crippen LogP contribution in [0.2, 0.25) is 0 Å². The molecule has 0 radical (unpaired) electrons. The van der Waals surface area contributed by atoms with Gasteiger partial charge >= 0.3 is 0 Å².